The van der Waals surface area contributed by atoms with Gasteiger partial charge in [0.15, 0.2) is 0 Å². The van der Waals surface area contributed by atoms with Crippen molar-refractivity contribution in [1.29, 1.82) is 0 Å². The number of hydrogen-bond donors (Lipinski definition) is 0. The fraction of sp³-hybridized carbons (Fsp3) is 0.800. The van der Waals surface area contributed by atoms with Crippen LogP contribution in [0, 0.1) is 0 Å². The van der Waals surface area contributed by atoms with E-state index in [1.807, 2.05) is 0 Å². The van der Waals surface area contributed by atoms with Crippen LogP contribution in [0.3, 0.4) is 0 Å². The highest BCUT2D eigenvalue weighted by Gasteiger charge is 2.18. The Bertz CT molecular complexity index is 229. The molecule has 0 saturated heterocycles. The Balaban J connectivity index is 3.90. The van der Waals surface area contributed by atoms with Crippen LogP contribution in [0.4, 0.5) is 0 Å². The largest absolute Gasteiger partial charge is 0.115 e. The first-order valence-corrected chi connectivity index (χ1v) is 9.40. The lowest BCUT2D eigenvalue weighted by Crippen LogP contribution is -2.10. The number of rotatable bonds is 0. The van der Waals surface area contributed by atoms with E-state index in [2.05, 4.69) is 41.5 Å². The van der Waals surface area contributed by atoms with E-state index in [0.717, 1.165) is 7.06 Å². The Morgan fingerprint density at radius 3 is 1.12 bits per heavy atom. The van der Waals surface area contributed by atoms with Crippen LogP contribution in [0.5, 0.6) is 0 Å². The van der Waals surface area contributed by atoms with E-state index in [4.69, 9.17) is 24.4 Å². The second kappa shape index (κ2) is 7.24. The maximum Gasteiger partial charge on any atom is 0.115 e. The highest BCUT2D eigenvalue weighted by atomic mass is 33.1. The van der Waals surface area contributed by atoms with Crippen LogP contribution < -0.4 is 0 Å². The van der Waals surface area contributed by atoms with E-state index in [9.17, 15) is 0 Å². The van der Waals surface area contributed by atoms with Crippen molar-refractivity contribution in [3.8, 4) is 0 Å². The minimum absolute atomic E-state index is 0.184. The molecule has 6 heteroatoms. The van der Waals surface area contributed by atoms with Crippen molar-refractivity contribution in [2.24, 2.45) is 0 Å². The third-order valence-corrected chi connectivity index (χ3v) is 7.39. The molecule has 0 aliphatic rings. The molecule has 0 atom stereocenters. The van der Waals surface area contributed by atoms with Gasteiger partial charge in [-0.05, 0) is 21.6 Å². The summed E-state index contributed by atoms with van der Waals surface area (Å²) in [5.41, 5.74) is 0. The van der Waals surface area contributed by atoms with Crippen molar-refractivity contribution >= 4 is 76.6 Å². The summed E-state index contributed by atoms with van der Waals surface area (Å²) < 4.78 is 2.27. The Labute approximate surface area is 127 Å². The third-order valence-electron chi connectivity index (χ3n) is 0.957. The van der Waals surface area contributed by atoms with Crippen molar-refractivity contribution in [2.75, 3.05) is 0 Å². The molecular formula is C10H18S6. The Morgan fingerprint density at radius 2 is 0.938 bits per heavy atom. The van der Waals surface area contributed by atoms with E-state index >= 15 is 0 Å². The van der Waals surface area contributed by atoms with Crippen LogP contribution in [-0.2, 0) is 0 Å². The molecule has 0 aromatic rings. The van der Waals surface area contributed by atoms with Crippen LogP contribution in [-0.4, -0.2) is 16.6 Å². The number of thioether (sulfide) groups is 2. The minimum Gasteiger partial charge on any atom is -0.101 e. The predicted octanol–water partition coefficient (Wildman–Crippen LogP) is 6.00. The van der Waals surface area contributed by atoms with Crippen LogP contribution in [0.2, 0.25) is 0 Å². The summed E-state index contributed by atoms with van der Waals surface area (Å²) >= 11 is 14.0. The van der Waals surface area contributed by atoms with Gasteiger partial charge in [-0.1, -0.05) is 66.0 Å². The zero-order valence-corrected chi connectivity index (χ0v) is 15.3. The lowest BCUT2D eigenvalue weighted by Gasteiger charge is -2.19. The zero-order valence-electron chi connectivity index (χ0n) is 10.4. The number of hydrogen-bond acceptors (Lipinski definition) is 6. The summed E-state index contributed by atoms with van der Waals surface area (Å²) in [5.74, 6) is 0. The molecule has 0 bridgehead atoms. The standard InChI is InChI=1S/C10H18S6/c1-9(2,3)13-7(11)15-16-8(12)14-10(4,5)6/h1-6H3. The molecule has 0 N–H and O–H groups in total. The summed E-state index contributed by atoms with van der Waals surface area (Å²) in [7, 11) is 3.20. The van der Waals surface area contributed by atoms with Gasteiger partial charge in [0.1, 0.15) is 7.06 Å². The molecule has 0 rings (SSSR count). The molecule has 0 saturated carbocycles. The highest BCUT2D eigenvalue weighted by molar-refractivity contribution is 8.96. The zero-order chi connectivity index (χ0) is 13.0. The SMILES string of the molecule is CC(C)(C)SC(=S)SSC(=S)SC(C)(C)C. The molecular weight excluding hydrogens is 313 g/mol. The van der Waals surface area contributed by atoms with Crippen molar-refractivity contribution in [3.63, 3.8) is 0 Å². The fourth-order valence-corrected chi connectivity index (χ4v) is 7.26. The fourth-order valence-electron chi connectivity index (χ4n) is 0.602. The molecule has 0 aromatic carbocycles. The summed E-state index contributed by atoms with van der Waals surface area (Å²) in [4.78, 5) is 0. The van der Waals surface area contributed by atoms with Crippen molar-refractivity contribution in [3.05, 3.63) is 0 Å². The smallest absolute Gasteiger partial charge is 0.101 e. The van der Waals surface area contributed by atoms with Gasteiger partial charge in [-0.3, -0.25) is 0 Å². The summed E-state index contributed by atoms with van der Waals surface area (Å²) in [6.45, 7) is 13.0. The maximum absolute atomic E-state index is 5.30. The van der Waals surface area contributed by atoms with Crippen LogP contribution in [0.1, 0.15) is 41.5 Å². The minimum atomic E-state index is 0.184. The third kappa shape index (κ3) is 12.0. The second-order valence-electron chi connectivity index (χ2n) is 5.10. The Kier molecular flexibility index (Phi) is 7.95. The first-order valence-electron chi connectivity index (χ1n) is 4.80. The quantitative estimate of drug-likeness (QED) is 0.392. The van der Waals surface area contributed by atoms with Crippen LogP contribution in [0.25, 0.3) is 0 Å². The van der Waals surface area contributed by atoms with E-state index < -0.39 is 0 Å². The van der Waals surface area contributed by atoms with Gasteiger partial charge in [0, 0.05) is 9.49 Å². The Hall–Kier alpha value is 1.58. The average molecular weight is 331 g/mol. The van der Waals surface area contributed by atoms with Gasteiger partial charge in [-0.2, -0.15) is 0 Å². The van der Waals surface area contributed by atoms with Gasteiger partial charge in [0.05, 0.1) is 0 Å². The average Bonchev–Trinajstić information content (AvgIpc) is 1.94. The lowest BCUT2D eigenvalue weighted by atomic mass is 10.3. The maximum atomic E-state index is 5.30. The van der Waals surface area contributed by atoms with Gasteiger partial charge in [-0.15, -0.1) is 23.5 Å². The van der Waals surface area contributed by atoms with Crippen molar-refractivity contribution in [2.45, 2.75) is 51.0 Å². The molecule has 0 aliphatic carbocycles. The van der Waals surface area contributed by atoms with Crippen molar-refractivity contribution in [1.82, 2.24) is 0 Å². The second-order valence-corrected chi connectivity index (χ2v) is 13.3. The van der Waals surface area contributed by atoms with E-state index in [0.29, 0.717) is 0 Å². The van der Waals surface area contributed by atoms with Gasteiger partial charge in [0.2, 0.25) is 0 Å². The van der Waals surface area contributed by atoms with Gasteiger partial charge < -0.3 is 0 Å². The molecule has 0 unspecified atom stereocenters. The normalized spacial score (nSPS) is 12.6. The first-order chi connectivity index (χ1) is 6.99. The lowest BCUT2D eigenvalue weighted by molar-refractivity contribution is 0.809. The van der Waals surface area contributed by atoms with Gasteiger partial charge in [-0.25, -0.2) is 0 Å². The molecule has 0 nitrogen and oxygen atoms in total. The molecule has 0 fully saturated rings. The molecule has 0 heterocycles. The predicted molar refractivity (Wildman–Crippen MR) is 95.1 cm³/mol. The van der Waals surface area contributed by atoms with Gasteiger partial charge >= 0.3 is 0 Å². The topological polar surface area (TPSA) is 0 Å². The van der Waals surface area contributed by atoms with E-state index in [1.54, 1.807) is 45.1 Å². The number of thiocarbonyl (C=S) groups is 2. The summed E-state index contributed by atoms with van der Waals surface area (Å²) in [6.07, 6.45) is 0. The van der Waals surface area contributed by atoms with Crippen LogP contribution in [0.15, 0.2) is 0 Å². The van der Waals surface area contributed by atoms with Crippen molar-refractivity contribution < 1.29 is 0 Å². The molecule has 0 aliphatic heterocycles. The Morgan fingerprint density at radius 1 is 0.688 bits per heavy atom. The summed E-state index contributed by atoms with van der Waals surface area (Å²) in [5, 5.41) is 0. The molecule has 0 aromatic heterocycles. The monoisotopic (exact) mass is 330 g/mol. The summed E-state index contributed by atoms with van der Waals surface area (Å²) in [6, 6.07) is 0. The van der Waals surface area contributed by atoms with E-state index in [1.165, 1.54) is 0 Å². The highest BCUT2D eigenvalue weighted by Crippen LogP contribution is 2.40. The molecule has 0 radical (unpaired) electrons. The molecule has 0 spiro atoms. The first kappa shape index (κ1) is 17.6. The molecule has 16 heavy (non-hydrogen) atoms. The van der Waals surface area contributed by atoms with Gasteiger partial charge in [0.25, 0.3) is 0 Å². The molecule has 94 valence electrons. The molecule has 0 amide bonds. The van der Waals surface area contributed by atoms with Crippen LogP contribution >= 0.6 is 69.5 Å². The van der Waals surface area contributed by atoms with E-state index in [-0.39, 0.29) is 9.49 Å².